The van der Waals surface area contributed by atoms with E-state index in [0.717, 1.165) is 0 Å². The van der Waals surface area contributed by atoms with Crippen molar-refractivity contribution < 1.29 is 18.6 Å². The van der Waals surface area contributed by atoms with Gasteiger partial charge in [-0.3, -0.25) is 4.90 Å². The second kappa shape index (κ2) is 7.67. The number of nitriles is 1. The van der Waals surface area contributed by atoms with Gasteiger partial charge in [0.2, 0.25) is 0 Å². The first-order chi connectivity index (χ1) is 9.01. The summed E-state index contributed by atoms with van der Waals surface area (Å²) in [5.74, 6) is 0.467. The van der Waals surface area contributed by atoms with Crippen LogP contribution in [-0.2, 0) is 0 Å². The van der Waals surface area contributed by atoms with E-state index in [1.807, 2.05) is 6.07 Å². The van der Waals surface area contributed by atoms with Crippen molar-refractivity contribution in [2.24, 2.45) is 0 Å². The van der Waals surface area contributed by atoms with E-state index in [2.05, 4.69) is 0 Å². The molecule has 0 aromatic heterocycles. The zero-order valence-corrected chi connectivity index (χ0v) is 10.6. The Morgan fingerprint density at radius 1 is 1.42 bits per heavy atom. The van der Waals surface area contributed by atoms with E-state index >= 15 is 0 Å². The van der Waals surface area contributed by atoms with E-state index in [9.17, 15) is 13.9 Å². The summed E-state index contributed by atoms with van der Waals surface area (Å²) in [6, 6.07) is 8.50. The topological polar surface area (TPSA) is 56.5 Å². The predicted molar refractivity (Wildman–Crippen MR) is 66.2 cm³/mol. The lowest BCUT2D eigenvalue weighted by Crippen LogP contribution is -2.35. The Bertz CT molecular complexity index is 435. The standard InChI is InChI=1S/C13H16F2N2O2/c1-17(8-13(14)15)7-11(18)9-19-12-4-2-3-10(5-12)6-16/h2-5,11,13,18H,7-9H2,1H3. The highest BCUT2D eigenvalue weighted by atomic mass is 19.3. The number of rotatable bonds is 7. The molecule has 1 aromatic carbocycles. The quantitative estimate of drug-likeness (QED) is 0.815. The van der Waals surface area contributed by atoms with Crippen LogP contribution in [0.15, 0.2) is 24.3 Å². The Labute approximate surface area is 110 Å². The van der Waals surface area contributed by atoms with Crippen LogP contribution in [0.3, 0.4) is 0 Å². The summed E-state index contributed by atoms with van der Waals surface area (Å²) in [5, 5.41) is 18.4. The summed E-state index contributed by atoms with van der Waals surface area (Å²) in [6.07, 6.45) is -3.29. The van der Waals surface area contributed by atoms with Crippen LogP contribution < -0.4 is 4.74 Å². The molecule has 0 amide bonds. The second-order valence-corrected chi connectivity index (χ2v) is 4.22. The number of aliphatic hydroxyl groups is 1. The first-order valence-corrected chi connectivity index (χ1v) is 5.79. The molecule has 1 aromatic rings. The third-order valence-electron chi connectivity index (χ3n) is 2.38. The summed E-state index contributed by atoms with van der Waals surface area (Å²) in [5.41, 5.74) is 0.460. The molecule has 4 nitrogen and oxygen atoms in total. The molecule has 0 spiro atoms. The number of nitrogens with zero attached hydrogens (tertiary/aromatic N) is 2. The molecule has 19 heavy (non-hydrogen) atoms. The van der Waals surface area contributed by atoms with E-state index in [-0.39, 0.29) is 19.7 Å². The van der Waals surface area contributed by atoms with Gasteiger partial charge in [-0.15, -0.1) is 0 Å². The number of ether oxygens (including phenoxy) is 1. The van der Waals surface area contributed by atoms with Gasteiger partial charge in [0.05, 0.1) is 18.2 Å². The van der Waals surface area contributed by atoms with Crippen LogP contribution in [-0.4, -0.2) is 49.3 Å². The zero-order chi connectivity index (χ0) is 14.3. The lowest BCUT2D eigenvalue weighted by Gasteiger charge is -2.20. The summed E-state index contributed by atoms with van der Waals surface area (Å²) in [6.45, 7) is -0.300. The minimum absolute atomic E-state index is 0.0114. The van der Waals surface area contributed by atoms with Gasteiger partial charge < -0.3 is 9.84 Å². The third-order valence-corrected chi connectivity index (χ3v) is 2.38. The molecule has 0 heterocycles. The summed E-state index contributed by atoms with van der Waals surface area (Å²) in [4.78, 5) is 1.34. The van der Waals surface area contributed by atoms with E-state index in [1.54, 1.807) is 24.3 Å². The molecule has 0 bridgehead atoms. The van der Waals surface area contributed by atoms with Gasteiger partial charge in [-0.25, -0.2) is 8.78 Å². The SMILES string of the molecule is CN(CC(F)F)CC(O)COc1cccc(C#N)c1. The molecule has 1 unspecified atom stereocenters. The molecule has 1 N–H and O–H groups in total. The minimum Gasteiger partial charge on any atom is -0.491 e. The fourth-order valence-corrected chi connectivity index (χ4v) is 1.57. The third kappa shape index (κ3) is 6.13. The van der Waals surface area contributed by atoms with Crippen molar-refractivity contribution in [3.8, 4) is 11.8 Å². The van der Waals surface area contributed by atoms with E-state index in [4.69, 9.17) is 10.00 Å². The highest BCUT2D eigenvalue weighted by Gasteiger charge is 2.13. The van der Waals surface area contributed by atoms with Crippen LogP contribution in [0, 0.1) is 11.3 Å². The number of benzene rings is 1. The van der Waals surface area contributed by atoms with Crippen LogP contribution in [0.2, 0.25) is 0 Å². The van der Waals surface area contributed by atoms with Gasteiger partial charge >= 0.3 is 0 Å². The van der Waals surface area contributed by atoms with Gasteiger partial charge in [0, 0.05) is 6.54 Å². The van der Waals surface area contributed by atoms with Crippen molar-refractivity contribution in [3.05, 3.63) is 29.8 Å². The Balaban J connectivity index is 2.37. The van der Waals surface area contributed by atoms with Gasteiger partial charge in [0.15, 0.2) is 0 Å². The van der Waals surface area contributed by atoms with E-state index in [0.29, 0.717) is 11.3 Å². The number of alkyl halides is 2. The number of aliphatic hydroxyl groups excluding tert-OH is 1. The number of halogens is 2. The summed E-state index contributed by atoms with van der Waals surface area (Å²) in [7, 11) is 1.51. The Kier molecular flexibility index (Phi) is 6.19. The number of likely N-dealkylation sites (N-methyl/N-ethyl adjacent to an activating group) is 1. The van der Waals surface area contributed by atoms with Crippen molar-refractivity contribution in [2.45, 2.75) is 12.5 Å². The normalized spacial score (nSPS) is 12.5. The highest BCUT2D eigenvalue weighted by Crippen LogP contribution is 2.12. The lowest BCUT2D eigenvalue weighted by atomic mass is 10.2. The molecular formula is C13H16F2N2O2. The average Bonchev–Trinajstić information content (AvgIpc) is 2.35. The largest absolute Gasteiger partial charge is 0.491 e. The maximum absolute atomic E-state index is 12.1. The van der Waals surface area contributed by atoms with Crippen molar-refractivity contribution in [1.29, 1.82) is 5.26 Å². The Hall–Kier alpha value is -1.71. The maximum atomic E-state index is 12.1. The van der Waals surface area contributed by atoms with Crippen LogP contribution in [0.1, 0.15) is 5.56 Å². The molecule has 0 aliphatic rings. The van der Waals surface area contributed by atoms with Gasteiger partial charge in [-0.1, -0.05) is 6.07 Å². The summed E-state index contributed by atoms with van der Waals surface area (Å²) < 4.78 is 29.5. The highest BCUT2D eigenvalue weighted by molar-refractivity contribution is 5.36. The molecule has 1 atom stereocenters. The van der Waals surface area contributed by atoms with E-state index < -0.39 is 12.5 Å². The Morgan fingerprint density at radius 2 is 2.16 bits per heavy atom. The molecular weight excluding hydrogens is 254 g/mol. The predicted octanol–water partition coefficient (Wildman–Crippen LogP) is 1.49. The Morgan fingerprint density at radius 3 is 2.79 bits per heavy atom. The average molecular weight is 270 g/mol. The molecule has 0 radical (unpaired) electrons. The number of hydrogen-bond donors (Lipinski definition) is 1. The van der Waals surface area contributed by atoms with Crippen molar-refractivity contribution in [2.75, 3.05) is 26.7 Å². The van der Waals surface area contributed by atoms with Crippen molar-refractivity contribution in [3.63, 3.8) is 0 Å². The second-order valence-electron chi connectivity index (χ2n) is 4.22. The van der Waals surface area contributed by atoms with Crippen molar-refractivity contribution >= 4 is 0 Å². The van der Waals surface area contributed by atoms with Crippen LogP contribution in [0.4, 0.5) is 8.78 Å². The van der Waals surface area contributed by atoms with E-state index in [1.165, 1.54) is 11.9 Å². The molecule has 6 heteroatoms. The van der Waals surface area contributed by atoms with Gasteiger partial charge in [-0.05, 0) is 25.2 Å². The fourth-order valence-electron chi connectivity index (χ4n) is 1.57. The van der Waals surface area contributed by atoms with Gasteiger partial charge in [0.1, 0.15) is 18.5 Å². The molecule has 0 saturated carbocycles. The monoisotopic (exact) mass is 270 g/mol. The number of hydrogen-bond acceptors (Lipinski definition) is 4. The van der Waals surface area contributed by atoms with Crippen LogP contribution >= 0.6 is 0 Å². The van der Waals surface area contributed by atoms with Gasteiger partial charge in [-0.2, -0.15) is 5.26 Å². The first-order valence-electron chi connectivity index (χ1n) is 5.79. The molecule has 0 aliphatic carbocycles. The maximum Gasteiger partial charge on any atom is 0.251 e. The molecule has 1 rings (SSSR count). The minimum atomic E-state index is -2.43. The fraction of sp³-hybridized carbons (Fsp3) is 0.462. The lowest BCUT2D eigenvalue weighted by molar-refractivity contribution is 0.0473. The van der Waals surface area contributed by atoms with Crippen LogP contribution in [0.5, 0.6) is 5.75 Å². The van der Waals surface area contributed by atoms with Crippen molar-refractivity contribution in [1.82, 2.24) is 4.90 Å². The molecule has 0 aliphatic heterocycles. The first kappa shape index (κ1) is 15.3. The van der Waals surface area contributed by atoms with Gasteiger partial charge in [0.25, 0.3) is 6.43 Å². The zero-order valence-electron chi connectivity index (χ0n) is 10.6. The smallest absolute Gasteiger partial charge is 0.251 e. The molecule has 0 fully saturated rings. The summed E-state index contributed by atoms with van der Waals surface area (Å²) >= 11 is 0. The molecule has 0 saturated heterocycles. The van der Waals surface area contributed by atoms with Crippen LogP contribution in [0.25, 0.3) is 0 Å². The molecule has 104 valence electrons.